The van der Waals surface area contributed by atoms with Gasteiger partial charge in [-0.2, -0.15) is 0 Å². The van der Waals surface area contributed by atoms with Crippen LogP contribution in [-0.2, 0) is 19.5 Å². The van der Waals surface area contributed by atoms with Crippen molar-refractivity contribution in [2.45, 2.75) is 26.4 Å². The van der Waals surface area contributed by atoms with E-state index in [9.17, 15) is 4.79 Å². The van der Waals surface area contributed by atoms with Crippen molar-refractivity contribution in [1.82, 2.24) is 19.9 Å². The predicted octanol–water partition coefficient (Wildman–Crippen LogP) is 2.72. The molecule has 1 aromatic carbocycles. The quantitative estimate of drug-likeness (QED) is 0.719. The Morgan fingerprint density at radius 2 is 2.00 bits per heavy atom. The van der Waals surface area contributed by atoms with Gasteiger partial charge in [-0.05, 0) is 42.3 Å². The first kappa shape index (κ1) is 19.1. The number of aromatic nitrogens is 3. The molecule has 4 rings (SSSR count). The van der Waals surface area contributed by atoms with E-state index in [4.69, 9.17) is 14.5 Å². The lowest BCUT2D eigenvalue weighted by molar-refractivity contribution is 0.241. The normalized spacial score (nSPS) is 13.8. The monoisotopic (exact) mass is 392 g/mol. The molecule has 0 aliphatic carbocycles. The van der Waals surface area contributed by atoms with Crippen LogP contribution in [0, 0.1) is 6.92 Å². The fourth-order valence-electron chi connectivity index (χ4n) is 3.69. The zero-order chi connectivity index (χ0) is 20.4. The average molecular weight is 392 g/mol. The van der Waals surface area contributed by atoms with E-state index in [1.807, 2.05) is 24.3 Å². The Labute approximate surface area is 169 Å². The minimum atomic E-state index is -0.0809. The standard InChI is InChI=1S/C22H24N4O3/c1-14-9-19(28-2)20(29-3)10-16(14)12-26-8-6-18-17(13-26)22(27)25-21(24-18)15-5-4-7-23-11-15/h4-5,7,9-11H,6,8,12-13H2,1-3H3,(H,24,25,27). The van der Waals surface area contributed by atoms with Gasteiger partial charge in [0.1, 0.15) is 5.82 Å². The Kier molecular flexibility index (Phi) is 5.31. The summed E-state index contributed by atoms with van der Waals surface area (Å²) in [7, 11) is 3.27. The van der Waals surface area contributed by atoms with Gasteiger partial charge in [0.2, 0.25) is 0 Å². The van der Waals surface area contributed by atoms with Crippen molar-refractivity contribution in [1.29, 1.82) is 0 Å². The molecule has 0 saturated carbocycles. The number of hydrogen-bond donors (Lipinski definition) is 1. The Morgan fingerprint density at radius 1 is 1.21 bits per heavy atom. The van der Waals surface area contributed by atoms with Gasteiger partial charge >= 0.3 is 0 Å². The van der Waals surface area contributed by atoms with Crippen LogP contribution in [-0.4, -0.2) is 40.6 Å². The lowest BCUT2D eigenvalue weighted by atomic mass is 10.0. The number of hydrogen-bond acceptors (Lipinski definition) is 6. The highest BCUT2D eigenvalue weighted by atomic mass is 16.5. The number of aryl methyl sites for hydroxylation is 1. The molecule has 1 aliphatic heterocycles. The molecule has 29 heavy (non-hydrogen) atoms. The van der Waals surface area contributed by atoms with Gasteiger partial charge in [-0.15, -0.1) is 0 Å². The highest BCUT2D eigenvalue weighted by molar-refractivity contribution is 5.53. The second-order valence-corrected chi connectivity index (χ2v) is 7.18. The Bertz CT molecular complexity index is 1080. The van der Waals surface area contributed by atoms with E-state index < -0.39 is 0 Å². The predicted molar refractivity (Wildman–Crippen MR) is 110 cm³/mol. The van der Waals surface area contributed by atoms with Crippen LogP contribution >= 0.6 is 0 Å². The number of H-pyrrole nitrogens is 1. The minimum Gasteiger partial charge on any atom is -0.493 e. The Balaban J connectivity index is 1.58. The Morgan fingerprint density at radius 3 is 2.72 bits per heavy atom. The summed E-state index contributed by atoms with van der Waals surface area (Å²) >= 11 is 0. The lowest BCUT2D eigenvalue weighted by Crippen LogP contribution is -2.35. The SMILES string of the molecule is COc1cc(C)c(CN2CCc3nc(-c4cccnc4)[nH]c(=O)c3C2)cc1OC. The van der Waals surface area contributed by atoms with Crippen LogP contribution in [0.4, 0.5) is 0 Å². The van der Waals surface area contributed by atoms with Crippen LogP contribution in [0.5, 0.6) is 11.5 Å². The van der Waals surface area contributed by atoms with Crippen LogP contribution in [0.3, 0.4) is 0 Å². The second kappa shape index (κ2) is 8.05. The van der Waals surface area contributed by atoms with E-state index in [-0.39, 0.29) is 5.56 Å². The van der Waals surface area contributed by atoms with Crippen LogP contribution in [0.1, 0.15) is 22.4 Å². The molecule has 0 fully saturated rings. The first-order chi connectivity index (χ1) is 14.1. The molecule has 7 heteroatoms. The van der Waals surface area contributed by atoms with Crippen molar-refractivity contribution in [3.8, 4) is 22.9 Å². The third-order valence-electron chi connectivity index (χ3n) is 5.32. The van der Waals surface area contributed by atoms with Gasteiger partial charge in [0.15, 0.2) is 11.5 Å². The molecule has 1 aliphatic rings. The number of methoxy groups -OCH3 is 2. The van der Waals surface area contributed by atoms with Gasteiger partial charge in [0.25, 0.3) is 5.56 Å². The summed E-state index contributed by atoms with van der Waals surface area (Å²) in [6.45, 7) is 4.20. The minimum absolute atomic E-state index is 0.0809. The number of aromatic amines is 1. The molecule has 0 unspecified atom stereocenters. The van der Waals surface area contributed by atoms with Crippen molar-refractivity contribution in [3.63, 3.8) is 0 Å². The van der Waals surface area contributed by atoms with E-state index in [1.165, 1.54) is 0 Å². The fourth-order valence-corrected chi connectivity index (χ4v) is 3.69. The van der Waals surface area contributed by atoms with Crippen LogP contribution in [0.15, 0.2) is 41.5 Å². The number of pyridine rings is 1. The fraction of sp³-hybridized carbons (Fsp3) is 0.318. The van der Waals surface area contributed by atoms with Crippen molar-refractivity contribution in [3.05, 3.63) is 69.4 Å². The topological polar surface area (TPSA) is 80.3 Å². The smallest absolute Gasteiger partial charge is 0.255 e. The molecular formula is C22H24N4O3. The summed E-state index contributed by atoms with van der Waals surface area (Å²) in [6.07, 6.45) is 4.15. The lowest BCUT2D eigenvalue weighted by Gasteiger charge is -2.28. The van der Waals surface area contributed by atoms with Gasteiger partial charge in [0.05, 0.1) is 25.5 Å². The van der Waals surface area contributed by atoms with Gasteiger partial charge in [-0.3, -0.25) is 14.7 Å². The van der Waals surface area contributed by atoms with E-state index in [1.54, 1.807) is 26.6 Å². The maximum absolute atomic E-state index is 12.7. The molecule has 0 amide bonds. The van der Waals surface area contributed by atoms with Gasteiger partial charge in [-0.25, -0.2) is 4.98 Å². The second-order valence-electron chi connectivity index (χ2n) is 7.18. The van der Waals surface area contributed by atoms with Crippen molar-refractivity contribution < 1.29 is 9.47 Å². The molecular weight excluding hydrogens is 368 g/mol. The number of rotatable bonds is 5. The molecule has 0 saturated heterocycles. The average Bonchev–Trinajstić information content (AvgIpc) is 2.75. The molecule has 3 heterocycles. The Hall–Kier alpha value is -3.19. The van der Waals surface area contributed by atoms with Gasteiger partial charge < -0.3 is 14.5 Å². The molecule has 7 nitrogen and oxygen atoms in total. The van der Waals surface area contributed by atoms with Crippen LogP contribution < -0.4 is 15.0 Å². The molecule has 0 atom stereocenters. The molecule has 0 radical (unpaired) electrons. The summed E-state index contributed by atoms with van der Waals surface area (Å²) in [6, 6.07) is 7.73. The first-order valence-corrected chi connectivity index (χ1v) is 9.55. The van der Waals surface area contributed by atoms with E-state index in [0.717, 1.165) is 53.2 Å². The highest BCUT2D eigenvalue weighted by Crippen LogP contribution is 2.31. The summed E-state index contributed by atoms with van der Waals surface area (Å²) in [5.74, 6) is 2.01. The van der Waals surface area contributed by atoms with Gasteiger partial charge in [-0.1, -0.05) is 0 Å². The number of ether oxygens (including phenoxy) is 2. The zero-order valence-corrected chi connectivity index (χ0v) is 16.9. The number of nitrogens with one attached hydrogen (secondary N) is 1. The first-order valence-electron chi connectivity index (χ1n) is 9.55. The third-order valence-corrected chi connectivity index (χ3v) is 5.32. The maximum Gasteiger partial charge on any atom is 0.255 e. The summed E-state index contributed by atoms with van der Waals surface area (Å²) < 4.78 is 10.8. The number of fused-ring (bicyclic) bond motifs is 1. The van der Waals surface area contributed by atoms with Crippen molar-refractivity contribution >= 4 is 0 Å². The number of benzene rings is 1. The summed E-state index contributed by atoms with van der Waals surface area (Å²) in [5.41, 5.74) is 4.63. The van der Waals surface area contributed by atoms with E-state index in [2.05, 4.69) is 21.8 Å². The van der Waals surface area contributed by atoms with E-state index >= 15 is 0 Å². The molecule has 0 bridgehead atoms. The molecule has 1 N–H and O–H groups in total. The highest BCUT2D eigenvalue weighted by Gasteiger charge is 2.22. The van der Waals surface area contributed by atoms with E-state index in [0.29, 0.717) is 18.1 Å². The summed E-state index contributed by atoms with van der Waals surface area (Å²) in [4.78, 5) is 26.7. The molecule has 2 aromatic heterocycles. The van der Waals surface area contributed by atoms with Gasteiger partial charge in [0, 0.05) is 44.0 Å². The van der Waals surface area contributed by atoms with Crippen molar-refractivity contribution in [2.75, 3.05) is 20.8 Å². The molecule has 0 spiro atoms. The molecule has 3 aromatic rings. The third kappa shape index (κ3) is 3.86. The van der Waals surface area contributed by atoms with Crippen LogP contribution in [0.2, 0.25) is 0 Å². The summed E-state index contributed by atoms with van der Waals surface area (Å²) in [5, 5.41) is 0. The molecule has 150 valence electrons. The largest absolute Gasteiger partial charge is 0.493 e. The number of nitrogens with zero attached hydrogens (tertiary/aromatic N) is 3. The maximum atomic E-state index is 12.7. The van der Waals surface area contributed by atoms with Crippen molar-refractivity contribution in [2.24, 2.45) is 0 Å². The van der Waals surface area contributed by atoms with Crippen LogP contribution in [0.25, 0.3) is 11.4 Å². The zero-order valence-electron chi connectivity index (χ0n) is 16.9.